The summed E-state index contributed by atoms with van der Waals surface area (Å²) in [4.78, 5) is 0. The van der Waals surface area contributed by atoms with Crippen LogP contribution in [0.5, 0.6) is 0 Å². The zero-order valence-electron chi connectivity index (χ0n) is 15.6. The van der Waals surface area contributed by atoms with Gasteiger partial charge in [0, 0.05) is 0 Å². The Morgan fingerprint density at radius 2 is 1.25 bits per heavy atom. The van der Waals surface area contributed by atoms with E-state index in [-0.39, 0.29) is 0 Å². The van der Waals surface area contributed by atoms with Gasteiger partial charge in [-0.2, -0.15) is 13.2 Å². The zero-order chi connectivity index (χ0) is 20.2. The number of allylic oxidation sites excluding steroid dienone is 2. The summed E-state index contributed by atoms with van der Waals surface area (Å²) in [5.41, 5.74) is 0.145. The van der Waals surface area contributed by atoms with Crippen molar-refractivity contribution in [1.82, 2.24) is 0 Å². The third kappa shape index (κ3) is 3.87. The molecule has 0 aliphatic rings. The molecule has 28 heavy (non-hydrogen) atoms. The first-order valence-electron chi connectivity index (χ1n) is 8.99. The van der Waals surface area contributed by atoms with E-state index in [0.717, 1.165) is 22.9 Å². The molecule has 0 heterocycles. The average Bonchev–Trinajstić information content (AvgIpc) is 2.72. The van der Waals surface area contributed by atoms with Crippen LogP contribution >= 0.6 is 0 Å². The summed E-state index contributed by atoms with van der Waals surface area (Å²) < 4.78 is 39.0. The van der Waals surface area contributed by atoms with Gasteiger partial charge in [-0.1, -0.05) is 98.1 Å². The molecule has 0 fully saturated rings. The Kier molecular flexibility index (Phi) is 5.70. The van der Waals surface area contributed by atoms with Crippen molar-refractivity contribution in [1.29, 1.82) is 0 Å². The Labute approximate surface area is 164 Å². The molecule has 0 aliphatic carbocycles. The molecule has 0 saturated heterocycles. The molecule has 142 valence electrons. The van der Waals surface area contributed by atoms with Crippen molar-refractivity contribution < 1.29 is 13.2 Å². The number of benzene rings is 3. The molecule has 0 amide bonds. The average molecular weight is 395 g/mol. The summed E-state index contributed by atoms with van der Waals surface area (Å²) in [7, 11) is -2.45. The van der Waals surface area contributed by atoms with Gasteiger partial charge in [0.15, 0.2) is 0 Å². The lowest BCUT2D eigenvalue weighted by atomic mass is 10.1. The predicted octanol–water partition coefficient (Wildman–Crippen LogP) is 5.71. The number of halogens is 3. The van der Waals surface area contributed by atoms with Crippen LogP contribution in [0.3, 0.4) is 0 Å². The first-order chi connectivity index (χ1) is 13.4. The van der Waals surface area contributed by atoms with Crippen LogP contribution in [0, 0.1) is 0 Å². The van der Waals surface area contributed by atoms with Crippen LogP contribution in [0.2, 0.25) is 6.55 Å². The van der Waals surface area contributed by atoms with E-state index in [1.165, 1.54) is 10.4 Å². The van der Waals surface area contributed by atoms with Crippen molar-refractivity contribution in [2.24, 2.45) is 0 Å². The van der Waals surface area contributed by atoms with E-state index in [4.69, 9.17) is 0 Å². The number of rotatable bonds is 5. The summed E-state index contributed by atoms with van der Waals surface area (Å²) in [5, 5.41) is 3.40. The first kappa shape index (κ1) is 19.9. The van der Waals surface area contributed by atoms with Gasteiger partial charge < -0.3 is 0 Å². The Morgan fingerprint density at radius 1 is 0.786 bits per heavy atom. The fourth-order valence-corrected chi connectivity index (χ4v) is 7.40. The SMILES string of the molecule is C=C/C=C(\c1ccc(C(F)(F)F)cc1)[Si](C)(c1ccccc1)c1ccccc1. The molecule has 0 aromatic heterocycles. The van der Waals surface area contributed by atoms with Crippen LogP contribution in [0.25, 0.3) is 5.20 Å². The van der Waals surface area contributed by atoms with Crippen LogP contribution < -0.4 is 10.4 Å². The molecule has 0 spiro atoms. The van der Waals surface area contributed by atoms with Crippen molar-refractivity contribution in [2.75, 3.05) is 0 Å². The van der Waals surface area contributed by atoms with Crippen molar-refractivity contribution in [3.63, 3.8) is 0 Å². The lowest BCUT2D eigenvalue weighted by Crippen LogP contribution is -2.56. The van der Waals surface area contributed by atoms with Gasteiger partial charge in [0.2, 0.25) is 0 Å². The van der Waals surface area contributed by atoms with Gasteiger partial charge in [0.1, 0.15) is 8.07 Å². The van der Waals surface area contributed by atoms with Gasteiger partial charge in [0.05, 0.1) is 5.56 Å². The Balaban J connectivity index is 2.21. The van der Waals surface area contributed by atoms with Gasteiger partial charge >= 0.3 is 6.18 Å². The molecule has 3 aromatic rings. The summed E-state index contributed by atoms with van der Waals surface area (Å²) in [6.45, 7) is 6.08. The van der Waals surface area contributed by atoms with Crippen molar-refractivity contribution in [3.05, 3.63) is 115 Å². The second-order valence-electron chi connectivity index (χ2n) is 6.75. The highest BCUT2D eigenvalue weighted by molar-refractivity contribution is 7.14. The van der Waals surface area contributed by atoms with E-state index in [0.29, 0.717) is 0 Å². The quantitative estimate of drug-likeness (QED) is 0.384. The standard InChI is InChI=1S/C24H21F3Si/c1-3-10-23(19-15-17-20(18-16-19)24(25,26)27)28(2,21-11-6-4-7-12-21)22-13-8-5-9-14-22/h3-18H,1H2,2H3/b23-10+. The minimum Gasteiger partial charge on any atom is -0.166 e. The first-order valence-corrected chi connectivity index (χ1v) is 11.5. The highest BCUT2D eigenvalue weighted by Gasteiger charge is 2.37. The molecule has 3 rings (SSSR count). The summed E-state index contributed by atoms with van der Waals surface area (Å²) in [6.07, 6.45) is -0.695. The van der Waals surface area contributed by atoms with Crippen LogP contribution in [0.15, 0.2) is 104 Å². The highest BCUT2D eigenvalue weighted by Crippen LogP contribution is 2.32. The molecular formula is C24H21F3Si. The maximum atomic E-state index is 13.0. The minimum atomic E-state index is -4.35. The van der Waals surface area contributed by atoms with E-state index in [9.17, 15) is 13.2 Å². The third-order valence-electron chi connectivity index (χ3n) is 5.05. The van der Waals surface area contributed by atoms with Crippen LogP contribution in [-0.2, 0) is 6.18 Å². The topological polar surface area (TPSA) is 0 Å². The van der Waals surface area contributed by atoms with Crippen molar-refractivity contribution >= 4 is 23.6 Å². The Hall–Kier alpha value is -2.85. The molecule has 0 nitrogen and oxygen atoms in total. The number of hydrogen-bond donors (Lipinski definition) is 0. The lowest BCUT2D eigenvalue weighted by Gasteiger charge is -2.32. The van der Waals surface area contributed by atoms with Gasteiger partial charge in [0.25, 0.3) is 0 Å². The normalized spacial score (nSPS) is 12.6. The highest BCUT2D eigenvalue weighted by atomic mass is 28.3. The van der Waals surface area contributed by atoms with Gasteiger partial charge in [-0.25, -0.2) is 0 Å². The molecule has 3 aromatic carbocycles. The van der Waals surface area contributed by atoms with Gasteiger partial charge in [-0.3, -0.25) is 0 Å². The summed E-state index contributed by atoms with van der Waals surface area (Å²) >= 11 is 0. The zero-order valence-corrected chi connectivity index (χ0v) is 16.6. The van der Waals surface area contributed by atoms with Crippen molar-refractivity contribution in [2.45, 2.75) is 12.7 Å². The number of alkyl halides is 3. The second-order valence-corrected chi connectivity index (χ2v) is 10.7. The fourth-order valence-electron chi connectivity index (χ4n) is 3.53. The van der Waals surface area contributed by atoms with E-state index in [1.54, 1.807) is 18.2 Å². The molecular weight excluding hydrogens is 373 g/mol. The van der Waals surface area contributed by atoms with Gasteiger partial charge in [-0.05, 0) is 33.3 Å². The van der Waals surface area contributed by atoms with Crippen molar-refractivity contribution in [3.8, 4) is 0 Å². The monoisotopic (exact) mass is 394 g/mol. The van der Waals surface area contributed by atoms with Crippen LogP contribution in [0.1, 0.15) is 11.1 Å². The summed E-state index contributed by atoms with van der Waals surface area (Å²) in [6, 6.07) is 25.8. The summed E-state index contributed by atoms with van der Waals surface area (Å²) in [5.74, 6) is 0. The second kappa shape index (κ2) is 8.03. The molecule has 0 N–H and O–H groups in total. The van der Waals surface area contributed by atoms with E-state index >= 15 is 0 Å². The minimum absolute atomic E-state index is 0.642. The smallest absolute Gasteiger partial charge is 0.166 e. The molecule has 0 bridgehead atoms. The lowest BCUT2D eigenvalue weighted by molar-refractivity contribution is -0.137. The molecule has 0 saturated carbocycles. The maximum absolute atomic E-state index is 13.0. The third-order valence-corrected chi connectivity index (χ3v) is 9.56. The maximum Gasteiger partial charge on any atom is 0.416 e. The molecule has 0 radical (unpaired) electrons. The van der Waals surface area contributed by atoms with Crippen LogP contribution in [0.4, 0.5) is 13.2 Å². The molecule has 0 aliphatic heterocycles. The number of hydrogen-bond acceptors (Lipinski definition) is 0. The fraction of sp³-hybridized carbons (Fsp3) is 0.0833. The van der Waals surface area contributed by atoms with E-state index in [1.807, 2.05) is 42.5 Å². The molecule has 0 atom stereocenters. The van der Waals surface area contributed by atoms with E-state index < -0.39 is 19.8 Å². The molecule has 0 unspecified atom stereocenters. The largest absolute Gasteiger partial charge is 0.416 e. The van der Waals surface area contributed by atoms with Crippen LogP contribution in [-0.4, -0.2) is 8.07 Å². The predicted molar refractivity (Wildman–Crippen MR) is 113 cm³/mol. The van der Waals surface area contributed by atoms with Gasteiger partial charge in [-0.15, -0.1) is 0 Å². The van der Waals surface area contributed by atoms with E-state index in [2.05, 4.69) is 37.4 Å². The molecule has 4 heteroatoms. The Morgan fingerprint density at radius 3 is 1.64 bits per heavy atom. The Bertz CT molecular complexity index is 917.